The van der Waals surface area contributed by atoms with E-state index in [1.807, 2.05) is 4.57 Å². The highest BCUT2D eigenvalue weighted by Gasteiger charge is 2.62. The summed E-state index contributed by atoms with van der Waals surface area (Å²) in [5.41, 5.74) is 2.36. The molecule has 2 saturated heterocycles. The molecule has 2 aliphatic heterocycles. The molecule has 1 unspecified atom stereocenters. The molecule has 214 valence electrons. The van der Waals surface area contributed by atoms with Crippen molar-refractivity contribution in [1.82, 2.24) is 19.5 Å². The molecular weight excluding hydrogens is 518 g/mol. The van der Waals surface area contributed by atoms with Crippen molar-refractivity contribution in [1.29, 1.82) is 0 Å². The van der Waals surface area contributed by atoms with Crippen LogP contribution in [-0.2, 0) is 22.4 Å². The van der Waals surface area contributed by atoms with E-state index in [4.69, 9.17) is 22.4 Å². The molecular formula is C26H47N5O5Si2. The van der Waals surface area contributed by atoms with Crippen LogP contribution in [0, 0.1) is 0 Å². The molecule has 0 bridgehead atoms. The molecule has 2 aromatic rings. The molecule has 4 atom stereocenters. The van der Waals surface area contributed by atoms with Crippen molar-refractivity contribution in [3.63, 3.8) is 0 Å². The molecule has 0 aliphatic carbocycles. The number of anilines is 1. The molecule has 12 heteroatoms. The lowest BCUT2D eigenvalue weighted by Crippen LogP contribution is -2.65. The predicted molar refractivity (Wildman–Crippen MR) is 153 cm³/mol. The van der Waals surface area contributed by atoms with Gasteiger partial charge in [-0.05, 0) is 36.0 Å². The molecule has 4 rings (SSSR count). The van der Waals surface area contributed by atoms with Gasteiger partial charge in [0, 0.05) is 13.2 Å². The third-order valence-electron chi connectivity index (χ3n) is 7.95. The van der Waals surface area contributed by atoms with Crippen LogP contribution in [0.25, 0.3) is 11.2 Å². The van der Waals surface area contributed by atoms with Crippen molar-refractivity contribution in [2.75, 3.05) is 19.0 Å². The molecule has 10 nitrogen and oxygen atoms in total. The first-order chi connectivity index (χ1) is 17.9. The lowest BCUT2D eigenvalue weighted by atomic mass is 10.1. The summed E-state index contributed by atoms with van der Waals surface area (Å²) in [6.45, 7) is 22.3. The molecule has 2 aliphatic rings. The summed E-state index contributed by atoms with van der Waals surface area (Å²) in [7, 11) is -3.75. The van der Waals surface area contributed by atoms with E-state index in [2.05, 4.69) is 89.5 Å². The fraction of sp³-hybridized carbons (Fsp3) is 0.808. The van der Waals surface area contributed by atoms with E-state index in [-0.39, 0.29) is 40.4 Å². The Hall–Kier alpha value is -1.42. The Balaban J connectivity index is 1.78. The lowest BCUT2D eigenvalue weighted by molar-refractivity contribution is -0.0602. The van der Waals surface area contributed by atoms with E-state index < -0.39 is 29.5 Å². The molecule has 2 fully saturated rings. The Kier molecular flexibility index (Phi) is 8.73. The van der Waals surface area contributed by atoms with Crippen LogP contribution in [0.3, 0.4) is 0 Å². The van der Waals surface area contributed by atoms with Crippen molar-refractivity contribution in [3.8, 4) is 0 Å². The molecule has 0 spiro atoms. The Morgan fingerprint density at radius 2 is 1.55 bits per heavy atom. The molecule has 38 heavy (non-hydrogen) atoms. The van der Waals surface area contributed by atoms with Crippen LogP contribution >= 0.6 is 0 Å². The topological polar surface area (TPSA) is 102 Å². The highest BCUT2D eigenvalue weighted by atomic mass is 28.5. The van der Waals surface area contributed by atoms with Gasteiger partial charge in [-0.15, -0.1) is 0 Å². The van der Waals surface area contributed by atoms with Crippen LogP contribution in [0.2, 0.25) is 22.2 Å². The number of hydrogen-bond donors (Lipinski definition) is 1. The summed E-state index contributed by atoms with van der Waals surface area (Å²) in [5.74, 6) is 0.699. The standard InChI is InChI=1S/C26H47N5O5Si2/c1-15(2)30-24-21-25(28-13-27-24)31(14-29-21)26-23(32-11)22-20(34-26)12-33-37(16(3)4,17(5)6)36-38(35-22,18(7)8)19(9)10/h13-20,22-23,26H,12H2,1-11H3,(H,27,28,30)/t20-,22+,23?,26-/m1/s1. The molecule has 0 saturated carbocycles. The molecule has 0 radical (unpaired) electrons. The first-order valence-corrected chi connectivity index (χ1v) is 18.0. The second-order valence-electron chi connectivity index (χ2n) is 12.2. The fourth-order valence-corrected chi connectivity index (χ4v) is 17.2. The molecule has 4 heterocycles. The maximum absolute atomic E-state index is 7.34. The van der Waals surface area contributed by atoms with Gasteiger partial charge >= 0.3 is 17.1 Å². The van der Waals surface area contributed by atoms with Crippen molar-refractivity contribution < 1.29 is 22.4 Å². The number of hydrogen-bond acceptors (Lipinski definition) is 9. The molecule has 0 amide bonds. The Labute approximate surface area is 229 Å². The Morgan fingerprint density at radius 3 is 2.11 bits per heavy atom. The van der Waals surface area contributed by atoms with Gasteiger partial charge in [0.15, 0.2) is 23.2 Å². The fourth-order valence-electron chi connectivity index (χ4n) is 6.01. The summed E-state index contributed by atoms with van der Waals surface area (Å²) >= 11 is 0. The van der Waals surface area contributed by atoms with Crippen molar-refractivity contribution in [3.05, 3.63) is 12.7 Å². The van der Waals surface area contributed by atoms with Crippen LogP contribution in [-0.4, -0.2) is 74.7 Å². The summed E-state index contributed by atoms with van der Waals surface area (Å²) in [6.07, 6.45) is 1.78. The molecule has 2 aromatic heterocycles. The van der Waals surface area contributed by atoms with Gasteiger partial charge in [-0.1, -0.05) is 55.4 Å². The number of fused-ring (bicyclic) bond motifs is 2. The van der Waals surface area contributed by atoms with Crippen molar-refractivity contribution in [2.24, 2.45) is 0 Å². The zero-order chi connectivity index (χ0) is 28.0. The number of methoxy groups -OCH3 is 1. The number of nitrogens with one attached hydrogen (secondary N) is 1. The van der Waals surface area contributed by atoms with Gasteiger partial charge in [0.1, 0.15) is 24.6 Å². The van der Waals surface area contributed by atoms with Gasteiger partial charge in [0.05, 0.1) is 12.9 Å². The number of imidazole rings is 1. The average Bonchev–Trinajstić information content (AvgIpc) is 3.39. The third-order valence-corrected chi connectivity index (χ3v) is 18.2. The largest absolute Gasteiger partial charge is 0.414 e. The highest BCUT2D eigenvalue weighted by Crippen LogP contribution is 2.49. The minimum absolute atomic E-state index is 0.213. The normalized spacial score (nSPS) is 27.5. The Morgan fingerprint density at radius 1 is 0.921 bits per heavy atom. The van der Waals surface area contributed by atoms with E-state index in [1.54, 1.807) is 19.8 Å². The van der Waals surface area contributed by atoms with E-state index in [0.29, 0.717) is 23.6 Å². The van der Waals surface area contributed by atoms with E-state index in [1.165, 1.54) is 0 Å². The zero-order valence-corrected chi connectivity index (χ0v) is 26.9. The number of nitrogens with zero attached hydrogens (tertiary/aromatic N) is 4. The van der Waals surface area contributed by atoms with E-state index in [0.717, 1.165) is 0 Å². The summed E-state index contributed by atoms with van der Waals surface area (Å²) in [4.78, 5) is 13.6. The minimum atomic E-state index is -2.80. The van der Waals surface area contributed by atoms with Gasteiger partial charge in [0.2, 0.25) is 0 Å². The van der Waals surface area contributed by atoms with Gasteiger partial charge in [-0.3, -0.25) is 4.57 Å². The first kappa shape index (κ1) is 29.6. The van der Waals surface area contributed by atoms with Gasteiger partial charge < -0.3 is 27.8 Å². The van der Waals surface area contributed by atoms with E-state index in [9.17, 15) is 0 Å². The summed E-state index contributed by atoms with van der Waals surface area (Å²) in [6, 6.07) is 0.213. The SMILES string of the molecule is COC1[C@H]2O[Si](C(C)C)(C(C)C)O[Si](C(C)C)(C(C)C)OC[C@H]2O[C@H]1n1cnc2c(NC(C)C)ncnc21. The predicted octanol–water partition coefficient (Wildman–Crippen LogP) is 5.52. The van der Waals surface area contributed by atoms with Gasteiger partial charge in [-0.2, -0.15) is 0 Å². The lowest BCUT2D eigenvalue weighted by Gasteiger charge is -2.51. The van der Waals surface area contributed by atoms with Gasteiger partial charge in [-0.25, -0.2) is 15.0 Å². The van der Waals surface area contributed by atoms with Crippen LogP contribution < -0.4 is 5.32 Å². The average molecular weight is 566 g/mol. The third kappa shape index (κ3) is 4.97. The highest BCUT2D eigenvalue weighted by molar-refractivity contribution is 6.84. The number of aromatic nitrogens is 4. The number of rotatable bonds is 8. The molecule has 1 N–H and O–H groups in total. The first-order valence-electron chi connectivity index (χ1n) is 14.0. The zero-order valence-electron chi connectivity index (χ0n) is 24.9. The van der Waals surface area contributed by atoms with E-state index >= 15 is 0 Å². The van der Waals surface area contributed by atoms with Crippen LogP contribution in [0.15, 0.2) is 12.7 Å². The monoisotopic (exact) mass is 565 g/mol. The summed E-state index contributed by atoms with van der Waals surface area (Å²) < 4.78 is 36.3. The minimum Gasteiger partial charge on any atom is -0.414 e. The van der Waals surface area contributed by atoms with Crippen LogP contribution in [0.4, 0.5) is 5.82 Å². The second kappa shape index (κ2) is 11.2. The smallest absolute Gasteiger partial charge is 0.335 e. The maximum Gasteiger partial charge on any atom is 0.335 e. The van der Waals surface area contributed by atoms with Gasteiger partial charge in [0.25, 0.3) is 0 Å². The Bertz CT molecular complexity index is 1080. The molecule has 0 aromatic carbocycles. The van der Waals surface area contributed by atoms with Crippen molar-refractivity contribution in [2.45, 2.75) is 122 Å². The van der Waals surface area contributed by atoms with Crippen molar-refractivity contribution >= 4 is 34.1 Å². The van der Waals surface area contributed by atoms with Crippen LogP contribution in [0.5, 0.6) is 0 Å². The quantitative estimate of drug-likeness (QED) is 0.415. The number of ether oxygens (including phenoxy) is 2. The second-order valence-corrected chi connectivity index (χ2v) is 21.0. The summed E-state index contributed by atoms with van der Waals surface area (Å²) in [5, 5.41) is 3.36. The van der Waals surface area contributed by atoms with Crippen LogP contribution in [0.1, 0.15) is 75.5 Å². The maximum atomic E-state index is 7.34.